The average Bonchev–Trinajstić information content (AvgIpc) is 3.56. The number of carboxylic acids is 2. The van der Waals surface area contributed by atoms with Gasteiger partial charge in [0.2, 0.25) is 23.6 Å². The first-order valence-corrected chi connectivity index (χ1v) is 12.9. The minimum Gasteiger partial charge on any atom is -0.481 e. The molecule has 1 fully saturated rings. The number of nitrogens with two attached hydrogens (primary N) is 2. The number of amides is 4. The Morgan fingerprint density at radius 2 is 1.75 bits per heavy atom. The number of nitrogens with zero attached hydrogens (tertiary/aromatic N) is 1. The zero-order valence-corrected chi connectivity index (χ0v) is 21.8. The minimum absolute atomic E-state index is 0.0170. The molecule has 4 amide bonds. The molecule has 1 aromatic heterocycles. The van der Waals surface area contributed by atoms with Gasteiger partial charge in [0.25, 0.3) is 0 Å². The molecule has 0 aliphatic carbocycles. The Labute approximate surface area is 229 Å². The van der Waals surface area contributed by atoms with Crippen molar-refractivity contribution in [2.45, 2.75) is 69.1 Å². The molecule has 40 heavy (non-hydrogen) atoms. The van der Waals surface area contributed by atoms with Crippen LogP contribution in [0.4, 0.5) is 0 Å². The van der Waals surface area contributed by atoms with Gasteiger partial charge < -0.3 is 42.2 Å². The van der Waals surface area contributed by atoms with Gasteiger partial charge in [0.05, 0.1) is 6.04 Å². The van der Waals surface area contributed by atoms with E-state index in [0.717, 1.165) is 16.5 Å². The van der Waals surface area contributed by atoms with Crippen molar-refractivity contribution in [2.24, 2.45) is 11.5 Å². The maximum Gasteiger partial charge on any atom is 0.326 e. The first-order valence-electron chi connectivity index (χ1n) is 12.9. The molecule has 4 unspecified atom stereocenters. The Morgan fingerprint density at radius 3 is 2.42 bits per heavy atom. The van der Waals surface area contributed by atoms with Gasteiger partial charge in [0, 0.05) is 42.9 Å². The van der Waals surface area contributed by atoms with Crippen LogP contribution in [0.25, 0.3) is 10.9 Å². The number of rotatable bonds is 14. The second-order valence-electron chi connectivity index (χ2n) is 9.76. The molecule has 2 aromatic rings. The van der Waals surface area contributed by atoms with Crippen LogP contribution in [0.5, 0.6) is 0 Å². The lowest BCUT2D eigenvalue weighted by molar-refractivity contribution is -0.145. The van der Waals surface area contributed by atoms with E-state index < -0.39 is 66.2 Å². The van der Waals surface area contributed by atoms with Crippen molar-refractivity contribution in [1.82, 2.24) is 20.5 Å². The molecule has 14 heteroatoms. The fourth-order valence-electron chi connectivity index (χ4n) is 4.72. The number of carboxylic acid groups (broad SMARTS) is 2. The summed E-state index contributed by atoms with van der Waals surface area (Å²) in [6, 6.07) is 2.72. The molecule has 4 atom stereocenters. The summed E-state index contributed by atoms with van der Waals surface area (Å²) in [6.07, 6.45) is 1.60. The van der Waals surface area contributed by atoms with Crippen molar-refractivity contribution in [1.29, 1.82) is 0 Å². The van der Waals surface area contributed by atoms with E-state index in [0.29, 0.717) is 6.42 Å². The van der Waals surface area contributed by atoms with Crippen LogP contribution in [0.2, 0.25) is 0 Å². The van der Waals surface area contributed by atoms with Crippen LogP contribution in [0.15, 0.2) is 30.5 Å². The predicted molar refractivity (Wildman–Crippen MR) is 142 cm³/mol. The van der Waals surface area contributed by atoms with Gasteiger partial charge >= 0.3 is 11.9 Å². The lowest BCUT2D eigenvalue weighted by Crippen LogP contribution is -2.57. The fourth-order valence-corrected chi connectivity index (χ4v) is 4.72. The summed E-state index contributed by atoms with van der Waals surface area (Å²) in [5, 5.41) is 24.1. The van der Waals surface area contributed by atoms with E-state index in [4.69, 9.17) is 16.6 Å². The summed E-state index contributed by atoms with van der Waals surface area (Å²) >= 11 is 0. The third-order valence-corrected chi connectivity index (χ3v) is 6.85. The molecule has 1 aromatic carbocycles. The number of aromatic amines is 1. The second kappa shape index (κ2) is 13.6. The molecule has 0 radical (unpaired) electrons. The van der Waals surface area contributed by atoms with Gasteiger partial charge in [-0.25, -0.2) is 4.79 Å². The zero-order valence-electron chi connectivity index (χ0n) is 21.8. The normalized spacial score (nSPS) is 17.1. The first-order chi connectivity index (χ1) is 19.0. The van der Waals surface area contributed by atoms with Crippen LogP contribution < -0.4 is 22.1 Å². The topological polar surface area (TPSA) is 238 Å². The number of hydrogen-bond donors (Lipinski definition) is 7. The van der Waals surface area contributed by atoms with Gasteiger partial charge in [-0.15, -0.1) is 0 Å². The highest BCUT2D eigenvalue weighted by atomic mass is 16.4. The number of likely N-dealkylation sites (tertiary alicyclic amines) is 1. The number of fused-ring (bicyclic) bond motifs is 1. The number of aliphatic carboxylic acids is 2. The molecule has 0 bridgehead atoms. The molecule has 1 aliphatic heterocycles. The molecular formula is C26H34N6O8. The molecule has 1 saturated heterocycles. The lowest BCUT2D eigenvalue weighted by atomic mass is 10.0. The number of primary amides is 1. The highest BCUT2D eigenvalue weighted by molar-refractivity contribution is 5.95. The number of H-pyrrole nitrogens is 1. The summed E-state index contributed by atoms with van der Waals surface area (Å²) < 4.78 is 0. The summed E-state index contributed by atoms with van der Waals surface area (Å²) in [5.41, 5.74) is 12.6. The summed E-state index contributed by atoms with van der Waals surface area (Å²) in [6.45, 7) is 0.192. The number of benzene rings is 1. The largest absolute Gasteiger partial charge is 0.481 e. The van der Waals surface area contributed by atoms with E-state index in [9.17, 15) is 33.9 Å². The van der Waals surface area contributed by atoms with E-state index in [1.54, 1.807) is 6.20 Å². The van der Waals surface area contributed by atoms with Crippen LogP contribution in [-0.4, -0.2) is 86.4 Å². The second-order valence-corrected chi connectivity index (χ2v) is 9.76. The van der Waals surface area contributed by atoms with Gasteiger partial charge in [-0.1, -0.05) is 18.2 Å². The predicted octanol–water partition coefficient (Wildman–Crippen LogP) is -0.787. The number of aromatic nitrogens is 1. The Bertz CT molecular complexity index is 1280. The molecule has 3 rings (SSSR count). The van der Waals surface area contributed by atoms with E-state index in [1.807, 2.05) is 24.3 Å². The smallest absolute Gasteiger partial charge is 0.326 e. The van der Waals surface area contributed by atoms with E-state index in [1.165, 1.54) is 4.90 Å². The van der Waals surface area contributed by atoms with E-state index in [2.05, 4.69) is 15.6 Å². The van der Waals surface area contributed by atoms with Gasteiger partial charge in [0.1, 0.15) is 18.1 Å². The molecule has 1 aliphatic rings. The molecule has 0 saturated carbocycles. The van der Waals surface area contributed by atoms with Gasteiger partial charge in [-0.2, -0.15) is 0 Å². The van der Waals surface area contributed by atoms with Crippen molar-refractivity contribution < 1.29 is 39.0 Å². The number of hydrogen-bond acceptors (Lipinski definition) is 7. The number of para-hydroxylation sites is 1. The maximum atomic E-state index is 13.8. The molecule has 0 spiro atoms. The van der Waals surface area contributed by atoms with Crippen molar-refractivity contribution in [3.63, 3.8) is 0 Å². The Morgan fingerprint density at radius 1 is 1.02 bits per heavy atom. The third-order valence-electron chi connectivity index (χ3n) is 6.85. The van der Waals surface area contributed by atoms with Crippen LogP contribution in [0.3, 0.4) is 0 Å². The molecular weight excluding hydrogens is 524 g/mol. The van der Waals surface area contributed by atoms with Crippen LogP contribution in [0.1, 0.15) is 44.1 Å². The molecule has 216 valence electrons. The standard InChI is InChI=1S/C26H34N6O8/c27-16(7-9-21(28)33)23(36)31-19(12-14-13-29-17-5-2-1-4-15(14)17)25(38)32-11-3-6-20(32)24(37)30-18(26(39)40)8-10-22(34)35/h1-2,4-5,13,16,18-20,29H,3,6-12,27H2,(H2,28,33)(H,30,37)(H,31,36)(H,34,35)(H,39,40). The van der Waals surface area contributed by atoms with Crippen LogP contribution in [0, 0.1) is 0 Å². The summed E-state index contributed by atoms with van der Waals surface area (Å²) in [7, 11) is 0. The summed E-state index contributed by atoms with van der Waals surface area (Å²) in [5.74, 6) is -5.17. The third kappa shape index (κ3) is 7.79. The van der Waals surface area contributed by atoms with Crippen LogP contribution >= 0.6 is 0 Å². The maximum absolute atomic E-state index is 13.8. The van der Waals surface area contributed by atoms with Crippen molar-refractivity contribution >= 4 is 46.5 Å². The van der Waals surface area contributed by atoms with E-state index in [-0.39, 0.29) is 38.6 Å². The zero-order chi connectivity index (χ0) is 29.4. The quantitative estimate of drug-likeness (QED) is 0.154. The Kier molecular flexibility index (Phi) is 10.2. The summed E-state index contributed by atoms with van der Waals surface area (Å²) in [4.78, 5) is 77.7. The number of nitrogens with one attached hydrogen (secondary N) is 3. The van der Waals surface area contributed by atoms with Gasteiger partial charge in [-0.05, 0) is 37.3 Å². The van der Waals surface area contributed by atoms with Crippen molar-refractivity contribution in [3.8, 4) is 0 Å². The average molecular weight is 559 g/mol. The highest BCUT2D eigenvalue weighted by Gasteiger charge is 2.39. The minimum atomic E-state index is -1.44. The monoisotopic (exact) mass is 558 g/mol. The molecule has 2 heterocycles. The first kappa shape index (κ1) is 30.1. The van der Waals surface area contributed by atoms with Crippen LogP contribution in [-0.2, 0) is 35.2 Å². The fraction of sp³-hybridized carbons (Fsp3) is 0.462. The van der Waals surface area contributed by atoms with Crippen molar-refractivity contribution in [3.05, 3.63) is 36.0 Å². The highest BCUT2D eigenvalue weighted by Crippen LogP contribution is 2.23. The molecule has 14 nitrogen and oxygen atoms in total. The van der Waals surface area contributed by atoms with E-state index >= 15 is 0 Å². The molecule has 9 N–H and O–H groups in total. The van der Waals surface area contributed by atoms with Gasteiger partial charge in [-0.3, -0.25) is 24.0 Å². The lowest BCUT2D eigenvalue weighted by Gasteiger charge is -2.30. The van der Waals surface area contributed by atoms with Gasteiger partial charge in [0.15, 0.2) is 0 Å². The Balaban J connectivity index is 1.81. The SMILES string of the molecule is NC(=O)CCC(N)C(=O)NC(Cc1c[nH]c2ccccc12)C(=O)N1CCCC1C(=O)NC(CCC(=O)O)C(=O)O. The Hall–Kier alpha value is -4.46. The number of carbonyl (C=O) groups excluding carboxylic acids is 4. The van der Waals surface area contributed by atoms with Crippen molar-refractivity contribution in [2.75, 3.05) is 6.54 Å². The number of carbonyl (C=O) groups is 6.